The molecular formula is C14H15N3O3S. The normalized spacial score (nSPS) is 18.3. The zero-order valence-corrected chi connectivity index (χ0v) is 12.3. The van der Waals surface area contributed by atoms with Crippen molar-refractivity contribution < 1.29 is 14.0 Å². The van der Waals surface area contributed by atoms with E-state index >= 15 is 0 Å². The highest BCUT2D eigenvalue weighted by Crippen LogP contribution is 2.27. The van der Waals surface area contributed by atoms with Crippen molar-refractivity contribution >= 4 is 23.2 Å². The van der Waals surface area contributed by atoms with Crippen LogP contribution in [-0.2, 0) is 4.79 Å². The lowest BCUT2D eigenvalue weighted by Crippen LogP contribution is -2.47. The van der Waals surface area contributed by atoms with E-state index in [4.69, 9.17) is 4.42 Å². The summed E-state index contributed by atoms with van der Waals surface area (Å²) in [5.74, 6) is 0.486. The molecule has 1 aliphatic rings. The smallest absolute Gasteiger partial charge is 0.271 e. The molecule has 0 radical (unpaired) electrons. The maximum atomic E-state index is 12.3. The Morgan fingerprint density at radius 2 is 2.43 bits per heavy atom. The zero-order chi connectivity index (χ0) is 14.8. The third kappa shape index (κ3) is 2.97. The number of carbonyl (C=O) groups excluding carboxylic acids is 2. The minimum Gasteiger partial charge on any atom is -0.462 e. The van der Waals surface area contributed by atoms with E-state index in [1.54, 1.807) is 12.3 Å². The van der Waals surface area contributed by atoms with Crippen LogP contribution in [0.25, 0.3) is 10.8 Å². The average Bonchev–Trinajstić information content (AvgIpc) is 3.10. The van der Waals surface area contributed by atoms with Gasteiger partial charge >= 0.3 is 0 Å². The molecule has 0 aliphatic carbocycles. The number of amides is 2. The van der Waals surface area contributed by atoms with Gasteiger partial charge in [0.05, 0.1) is 6.26 Å². The highest BCUT2D eigenvalue weighted by Gasteiger charge is 2.23. The van der Waals surface area contributed by atoms with E-state index in [0.717, 1.165) is 4.88 Å². The van der Waals surface area contributed by atoms with Crippen LogP contribution in [0.4, 0.5) is 0 Å². The predicted octanol–water partition coefficient (Wildman–Crippen LogP) is 1.72. The van der Waals surface area contributed by atoms with Crippen molar-refractivity contribution in [2.24, 2.45) is 0 Å². The summed E-state index contributed by atoms with van der Waals surface area (Å²) in [5, 5.41) is 6.35. The van der Waals surface area contributed by atoms with E-state index in [9.17, 15) is 9.59 Å². The Bertz CT molecular complexity index is 653. The molecule has 1 fully saturated rings. The fourth-order valence-corrected chi connectivity index (χ4v) is 3.10. The van der Waals surface area contributed by atoms with Gasteiger partial charge in [0, 0.05) is 23.9 Å². The molecule has 110 valence electrons. The number of furan rings is 1. The number of aryl methyl sites for hydroxylation is 1. The monoisotopic (exact) mass is 305 g/mol. The number of piperidine rings is 1. The second-order valence-electron chi connectivity index (χ2n) is 4.91. The van der Waals surface area contributed by atoms with Gasteiger partial charge in [0.25, 0.3) is 5.91 Å². The van der Waals surface area contributed by atoms with Gasteiger partial charge < -0.3 is 15.1 Å². The fraction of sp³-hybridized carbons (Fsp3) is 0.357. The molecule has 1 unspecified atom stereocenters. The molecule has 6 nitrogen and oxygen atoms in total. The largest absolute Gasteiger partial charge is 0.462 e. The molecule has 7 heteroatoms. The Hall–Kier alpha value is -2.15. The number of nitrogens with zero attached hydrogens (tertiary/aromatic N) is 1. The Kier molecular flexibility index (Phi) is 3.74. The SMILES string of the molecule is Cc1sc(-c2ccco2)nc1C(=O)NC1CCC(=O)NC1. The predicted molar refractivity (Wildman–Crippen MR) is 78.1 cm³/mol. The Labute approximate surface area is 125 Å². The summed E-state index contributed by atoms with van der Waals surface area (Å²) < 4.78 is 5.30. The molecule has 0 aromatic carbocycles. The van der Waals surface area contributed by atoms with Crippen LogP contribution >= 0.6 is 11.3 Å². The van der Waals surface area contributed by atoms with Crippen molar-refractivity contribution in [1.29, 1.82) is 0 Å². The second-order valence-corrected chi connectivity index (χ2v) is 6.12. The summed E-state index contributed by atoms with van der Waals surface area (Å²) in [7, 11) is 0. The van der Waals surface area contributed by atoms with E-state index in [1.165, 1.54) is 11.3 Å². The Morgan fingerprint density at radius 1 is 1.57 bits per heavy atom. The van der Waals surface area contributed by atoms with Crippen LogP contribution in [0.1, 0.15) is 28.2 Å². The van der Waals surface area contributed by atoms with E-state index < -0.39 is 0 Å². The molecular weight excluding hydrogens is 290 g/mol. The second kappa shape index (κ2) is 5.69. The van der Waals surface area contributed by atoms with Gasteiger partial charge in [-0.3, -0.25) is 9.59 Å². The number of rotatable bonds is 3. The quantitative estimate of drug-likeness (QED) is 0.904. The summed E-state index contributed by atoms with van der Waals surface area (Å²) in [4.78, 5) is 28.6. The lowest BCUT2D eigenvalue weighted by molar-refractivity contribution is -0.122. The standard InChI is InChI=1S/C14H15N3O3S/c1-8-12(17-14(21-8)10-3-2-6-20-10)13(19)16-9-4-5-11(18)15-7-9/h2-3,6,9H,4-5,7H2,1H3,(H,15,18)(H,16,19). The molecule has 1 saturated heterocycles. The molecule has 3 rings (SSSR count). The number of carbonyl (C=O) groups is 2. The highest BCUT2D eigenvalue weighted by atomic mass is 32.1. The van der Waals surface area contributed by atoms with Gasteiger partial charge in [0.2, 0.25) is 5.91 Å². The van der Waals surface area contributed by atoms with Gasteiger partial charge in [-0.2, -0.15) is 0 Å². The summed E-state index contributed by atoms with van der Waals surface area (Å²) in [5.41, 5.74) is 0.420. The molecule has 0 bridgehead atoms. The van der Waals surface area contributed by atoms with E-state index in [2.05, 4.69) is 15.6 Å². The first-order valence-electron chi connectivity index (χ1n) is 6.72. The van der Waals surface area contributed by atoms with E-state index in [1.807, 2.05) is 13.0 Å². The van der Waals surface area contributed by atoms with Crippen molar-refractivity contribution in [3.63, 3.8) is 0 Å². The maximum Gasteiger partial charge on any atom is 0.271 e. The summed E-state index contributed by atoms with van der Waals surface area (Å²) in [6.45, 7) is 2.33. The third-order valence-corrected chi connectivity index (χ3v) is 4.33. The maximum absolute atomic E-state index is 12.3. The van der Waals surface area contributed by atoms with Gasteiger partial charge in [-0.1, -0.05) is 0 Å². The summed E-state index contributed by atoms with van der Waals surface area (Å²) >= 11 is 1.43. The van der Waals surface area contributed by atoms with Crippen molar-refractivity contribution in [2.75, 3.05) is 6.54 Å². The van der Waals surface area contributed by atoms with Crippen LogP contribution < -0.4 is 10.6 Å². The molecule has 0 saturated carbocycles. The topological polar surface area (TPSA) is 84.2 Å². The van der Waals surface area contributed by atoms with Crippen molar-refractivity contribution in [1.82, 2.24) is 15.6 Å². The zero-order valence-electron chi connectivity index (χ0n) is 11.5. The number of hydrogen-bond donors (Lipinski definition) is 2. The lowest BCUT2D eigenvalue weighted by atomic mass is 10.1. The summed E-state index contributed by atoms with van der Waals surface area (Å²) in [6.07, 6.45) is 2.68. The van der Waals surface area contributed by atoms with Crippen LogP contribution in [0.15, 0.2) is 22.8 Å². The lowest BCUT2D eigenvalue weighted by Gasteiger charge is -2.23. The first-order chi connectivity index (χ1) is 10.1. The van der Waals surface area contributed by atoms with E-state index in [0.29, 0.717) is 35.8 Å². The molecule has 2 amide bonds. The van der Waals surface area contributed by atoms with Crippen LogP contribution in [0, 0.1) is 6.92 Å². The first kappa shape index (κ1) is 13.8. The van der Waals surface area contributed by atoms with Crippen molar-refractivity contribution in [2.45, 2.75) is 25.8 Å². The Balaban J connectivity index is 1.71. The summed E-state index contributed by atoms with van der Waals surface area (Å²) in [6, 6.07) is 3.57. The number of thiazole rings is 1. The van der Waals surface area contributed by atoms with Crippen LogP contribution in [-0.4, -0.2) is 29.4 Å². The van der Waals surface area contributed by atoms with Crippen LogP contribution in [0.5, 0.6) is 0 Å². The third-order valence-electron chi connectivity index (χ3n) is 3.34. The number of aromatic nitrogens is 1. The molecule has 2 aromatic heterocycles. The molecule has 1 atom stereocenters. The molecule has 0 spiro atoms. The average molecular weight is 305 g/mol. The van der Waals surface area contributed by atoms with E-state index in [-0.39, 0.29) is 17.9 Å². The number of hydrogen-bond acceptors (Lipinski definition) is 5. The van der Waals surface area contributed by atoms with Gasteiger partial charge in [-0.25, -0.2) is 4.98 Å². The first-order valence-corrected chi connectivity index (χ1v) is 7.54. The fourth-order valence-electron chi connectivity index (χ4n) is 2.22. The highest BCUT2D eigenvalue weighted by molar-refractivity contribution is 7.15. The molecule has 1 aliphatic heterocycles. The van der Waals surface area contributed by atoms with Gasteiger partial charge in [-0.15, -0.1) is 11.3 Å². The molecule has 3 heterocycles. The van der Waals surface area contributed by atoms with Crippen molar-refractivity contribution in [3.05, 3.63) is 29.0 Å². The number of nitrogens with one attached hydrogen (secondary N) is 2. The van der Waals surface area contributed by atoms with Gasteiger partial charge in [-0.05, 0) is 25.5 Å². The van der Waals surface area contributed by atoms with Gasteiger partial charge in [0.1, 0.15) is 5.69 Å². The molecule has 2 aromatic rings. The van der Waals surface area contributed by atoms with Crippen LogP contribution in [0.2, 0.25) is 0 Å². The van der Waals surface area contributed by atoms with Gasteiger partial charge in [0.15, 0.2) is 10.8 Å². The van der Waals surface area contributed by atoms with Crippen LogP contribution in [0.3, 0.4) is 0 Å². The molecule has 21 heavy (non-hydrogen) atoms. The Morgan fingerprint density at radius 3 is 3.10 bits per heavy atom. The van der Waals surface area contributed by atoms with Crippen molar-refractivity contribution in [3.8, 4) is 10.8 Å². The minimum atomic E-state index is -0.206. The molecule has 2 N–H and O–H groups in total. The minimum absolute atomic E-state index is 0.0328.